The third-order valence-corrected chi connectivity index (χ3v) is 25.7. The first kappa shape index (κ1) is 139. The average Bonchev–Trinajstić information content (AvgIpc) is 1.68. The normalized spacial score (nSPS) is 10.8. The predicted molar refractivity (Wildman–Crippen MR) is 588 cm³/mol. The predicted octanol–water partition coefficient (Wildman–Crippen LogP) is 35.7. The molecule has 0 spiro atoms. The average molecular weight is 2000 g/mol. The van der Waals surface area contributed by atoms with E-state index in [2.05, 4.69) is 359 Å². The smallest absolute Gasteiger partial charge is 0.147 e. The summed E-state index contributed by atoms with van der Waals surface area (Å²) in [5, 5.41) is 31.7. The first-order valence-electron chi connectivity index (χ1n) is 45.2. The summed E-state index contributed by atoms with van der Waals surface area (Å²) in [7, 11) is 0. The van der Waals surface area contributed by atoms with E-state index in [4.69, 9.17) is 0 Å². The minimum absolute atomic E-state index is 0.102. The zero-order valence-corrected chi connectivity index (χ0v) is 101. The van der Waals surface area contributed by atoms with Gasteiger partial charge in [0, 0.05) is 110 Å². The molecule has 0 aliphatic heterocycles. The Labute approximate surface area is 834 Å². The number of aryl methyl sites for hydroxylation is 4. The second kappa shape index (κ2) is 70.8. The summed E-state index contributed by atoms with van der Waals surface area (Å²) < 4.78 is 32.3. The van der Waals surface area contributed by atoms with Crippen molar-refractivity contribution in [2.24, 2.45) is 0 Å². The third kappa shape index (κ3) is 68.2. The number of hydrogen-bond acceptors (Lipinski definition) is 29. The van der Waals surface area contributed by atoms with E-state index in [0.717, 1.165) is 43.1 Å². The van der Waals surface area contributed by atoms with E-state index >= 15 is 0 Å². The van der Waals surface area contributed by atoms with Crippen LogP contribution in [0.4, 0.5) is 0 Å². The maximum Gasteiger partial charge on any atom is 0.147 e. The molecule has 0 fully saturated rings. The molecular formula is C99H183N17S12. The zero-order chi connectivity index (χ0) is 102. The summed E-state index contributed by atoms with van der Waals surface area (Å²) in [6.07, 6.45) is 9.43. The topological polar surface area (TPSA) is 219 Å². The van der Waals surface area contributed by atoms with Crippen LogP contribution in [-0.4, -0.2) is 80.5 Å². The van der Waals surface area contributed by atoms with Crippen LogP contribution < -0.4 is 0 Å². The van der Waals surface area contributed by atoms with E-state index in [9.17, 15) is 0 Å². The van der Waals surface area contributed by atoms with Gasteiger partial charge in [-0.1, -0.05) is 369 Å². The Bertz CT molecular complexity index is 3600. The second-order valence-corrected chi connectivity index (χ2v) is 48.3. The molecule has 12 aromatic heterocycles. The Kier molecular flexibility index (Phi) is 76.7. The molecule has 0 aromatic carbocycles. The van der Waals surface area contributed by atoms with Gasteiger partial charge in [0.25, 0.3) is 0 Å². The number of nitrogens with zero attached hydrogens (tertiary/aromatic N) is 17. The fraction of sp³-hybridized carbons (Fsp3) is 0.687. The van der Waals surface area contributed by atoms with Crippen molar-refractivity contribution in [3.05, 3.63) is 172 Å². The lowest BCUT2D eigenvalue weighted by Crippen LogP contribution is -2.12. The first-order valence-corrected chi connectivity index (χ1v) is 55.0. The first-order chi connectivity index (χ1) is 58.9. The maximum absolute atomic E-state index is 4.29. The van der Waals surface area contributed by atoms with Crippen LogP contribution in [0.1, 0.15) is 445 Å². The van der Waals surface area contributed by atoms with E-state index in [0.29, 0.717) is 0 Å². The van der Waals surface area contributed by atoms with Gasteiger partial charge < -0.3 is 0 Å². The van der Waals surface area contributed by atoms with Crippen LogP contribution in [-0.2, 0) is 65.0 Å². The fourth-order valence-electron chi connectivity index (χ4n) is 7.35. The molecule has 128 heavy (non-hydrogen) atoms. The van der Waals surface area contributed by atoms with Crippen molar-refractivity contribution in [2.45, 2.75) is 453 Å². The number of thiazole rings is 3. The van der Waals surface area contributed by atoms with Gasteiger partial charge in [-0.05, 0) is 171 Å². The molecule has 0 bridgehead atoms. The quantitative estimate of drug-likeness (QED) is 0.138. The summed E-state index contributed by atoms with van der Waals surface area (Å²) in [6.45, 7) is 118. The second-order valence-electron chi connectivity index (χ2n) is 38.5. The standard InChI is InChI=1S/4C7H12N2S.7C7H11NS.C6H10N2S.8C2H6/c1-5-8-9-6(10-5)7(2,3)4;1-5-8-6(9-10-5)7(2,3)4;1-5-8-6(10-9-5)7(2,3)4;1-5-6(7(2,3)4)10-9-8-5;1-7(2,3)6-4-9-5-8-6;1-7(2,3)6-4-8-5-9-6;1-7(2,3)6-4-8-9-5-6;1-7(2,3)6-8-4-5-9-6;1-7(2,3)6-4-5-9-8-6;2*1-7(2,3)6-4-5-8-9-6;1-6(2,3)5-4-9-8-7-5;8*1-2/h4*1-4H3;7*4-5H,1-3H3;4H,1-3H3;8*1-2H3. The lowest BCUT2D eigenvalue weighted by molar-refractivity contribution is 0.553. The maximum atomic E-state index is 4.29. The van der Waals surface area contributed by atoms with Crippen molar-refractivity contribution in [2.75, 3.05) is 0 Å². The molecule has 12 rings (SSSR count). The Balaban J connectivity index is -0.000000202. The molecule has 0 aliphatic carbocycles. The highest BCUT2D eigenvalue weighted by molar-refractivity contribution is 7.11. The Morgan fingerprint density at radius 1 is 0.289 bits per heavy atom. The van der Waals surface area contributed by atoms with Crippen molar-refractivity contribution in [3.63, 3.8) is 0 Å². The van der Waals surface area contributed by atoms with Gasteiger partial charge in [0.05, 0.1) is 43.7 Å². The molecule has 736 valence electrons. The highest BCUT2D eigenvalue weighted by Gasteiger charge is 2.24. The monoisotopic (exact) mass is 1990 g/mol. The molecule has 29 heteroatoms. The van der Waals surface area contributed by atoms with Crippen molar-refractivity contribution in [1.29, 1.82) is 0 Å². The van der Waals surface area contributed by atoms with Gasteiger partial charge in [-0.2, -0.15) is 13.1 Å². The molecule has 0 saturated heterocycles. The molecule has 17 nitrogen and oxygen atoms in total. The number of rotatable bonds is 0. The van der Waals surface area contributed by atoms with Crippen molar-refractivity contribution >= 4 is 138 Å². The fourth-order valence-corrected chi connectivity index (χ4v) is 15.8. The van der Waals surface area contributed by atoms with E-state index in [1.54, 1.807) is 68.4 Å². The van der Waals surface area contributed by atoms with Gasteiger partial charge >= 0.3 is 0 Å². The van der Waals surface area contributed by atoms with Gasteiger partial charge in [0.15, 0.2) is 0 Å². The lowest BCUT2D eigenvalue weighted by Gasteiger charge is -2.14. The SMILES string of the molecule is CC.CC.CC.CC.CC.CC.CC.CC.CC(C)(C)c1ccns1.CC(C)(C)c1ccns1.CC(C)(C)c1ccsn1.CC(C)(C)c1cncs1.CC(C)(C)c1cnsc1.CC(C)(C)c1cscn1.CC(C)(C)c1csnn1.CC(C)(C)c1nccs1.Cc1nc(C(C)(C)C)ns1.Cc1nnc(C(C)(C)C)s1.Cc1nnsc1C(C)(C)C.Cc1nsc(C(C)(C)C)n1. The molecule has 0 saturated carbocycles. The summed E-state index contributed by atoms with van der Waals surface area (Å²) >= 11 is 18.8. The van der Waals surface area contributed by atoms with Crippen LogP contribution in [0.5, 0.6) is 0 Å². The molecule has 0 radical (unpaired) electrons. The van der Waals surface area contributed by atoms with E-state index < -0.39 is 0 Å². The van der Waals surface area contributed by atoms with Crippen molar-refractivity contribution < 1.29 is 0 Å². The number of hydrogen-bond donors (Lipinski definition) is 0. The molecule has 12 heterocycles. The van der Waals surface area contributed by atoms with Gasteiger partial charge in [-0.3, -0.25) is 4.98 Å². The van der Waals surface area contributed by atoms with Crippen LogP contribution in [0.25, 0.3) is 0 Å². The Morgan fingerprint density at radius 2 is 0.766 bits per heavy atom. The largest absolute Gasteiger partial charge is 0.253 e. The summed E-state index contributed by atoms with van der Waals surface area (Å²) in [5.74, 6) is 1.84. The molecule has 12 aromatic rings. The van der Waals surface area contributed by atoms with E-state index in [-0.39, 0.29) is 65.0 Å². The molecule has 0 aliphatic rings. The highest BCUT2D eigenvalue weighted by Crippen LogP contribution is 2.32. The van der Waals surface area contributed by atoms with Gasteiger partial charge in [-0.15, -0.1) is 65.7 Å². The highest BCUT2D eigenvalue weighted by atomic mass is 32.1. The molecule has 0 atom stereocenters. The molecule has 0 N–H and O–H groups in total. The van der Waals surface area contributed by atoms with Gasteiger partial charge in [0.2, 0.25) is 0 Å². The van der Waals surface area contributed by atoms with Gasteiger partial charge in [0.1, 0.15) is 31.7 Å². The summed E-state index contributed by atoms with van der Waals surface area (Å²) in [4.78, 5) is 26.3. The summed E-state index contributed by atoms with van der Waals surface area (Å²) in [6, 6.07) is 6.22. The minimum atomic E-state index is 0.102. The molecule has 0 unspecified atom stereocenters. The van der Waals surface area contributed by atoms with Crippen LogP contribution in [0, 0.1) is 27.7 Å². The lowest BCUT2D eigenvalue weighted by atomic mass is 9.90. The van der Waals surface area contributed by atoms with Crippen LogP contribution >= 0.6 is 138 Å². The third-order valence-electron chi connectivity index (χ3n) is 14.3. The van der Waals surface area contributed by atoms with Crippen LogP contribution in [0.2, 0.25) is 0 Å². The Morgan fingerprint density at radius 3 is 0.938 bits per heavy atom. The van der Waals surface area contributed by atoms with Crippen molar-refractivity contribution in [3.8, 4) is 0 Å². The Hall–Kier alpha value is -4.79. The van der Waals surface area contributed by atoms with Crippen LogP contribution in [0.15, 0.2) is 87.1 Å². The molecule has 0 amide bonds. The van der Waals surface area contributed by atoms with Gasteiger partial charge in [-0.25, -0.2) is 33.1 Å². The van der Waals surface area contributed by atoms with E-state index in [1.165, 1.54) is 111 Å². The minimum Gasteiger partial charge on any atom is -0.253 e. The summed E-state index contributed by atoms with van der Waals surface area (Å²) in [5.41, 5.74) is 12.2. The van der Waals surface area contributed by atoms with E-state index in [1.807, 2.05) is 197 Å². The number of aromatic nitrogens is 17. The van der Waals surface area contributed by atoms with Crippen molar-refractivity contribution in [1.82, 2.24) is 80.5 Å². The van der Waals surface area contributed by atoms with Crippen LogP contribution in [0.3, 0.4) is 0 Å². The zero-order valence-electron chi connectivity index (χ0n) is 91.2. The molecular weight excluding hydrogens is 1810 g/mol.